The molecule has 0 fully saturated rings. The molecule has 1 heterocycles. The standard InChI is InChI=1S/C14H26N4/c1-5-6-7-8-14(3,4)10-17-12-11(2)9-16-13(15)18-12/h9H,5-8,10H2,1-4H3,(H3,15,16,17,18). The second-order valence-electron chi connectivity index (χ2n) is 5.73. The van der Waals surface area contributed by atoms with Gasteiger partial charge in [0, 0.05) is 18.3 Å². The number of rotatable bonds is 7. The highest BCUT2D eigenvalue weighted by Gasteiger charge is 2.17. The van der Waals surface area contributed by atoms with Crippen LogP contribution in [0.25, 0.3) is 0 Å². The Morgan fingerprint density at radius 2 is 2.06 bits per heavy atom. The number of nitrogens with two attached hydrogens (primary N) is 1. The Bertz CT molecular complexity index is 374. The maximum absolute atomic E-state index is 5.60. The first kappa shape index (κ1) is 14.7. The Balaban J connectivity index is 2.50. The molecular formula is C14H26N4. The van der Waals surface area contributed by atoms with Crippen LogP contribution in [0.15, 0.2) is 6.20 Å². The number of aromatic nitrogens is 2. The van der Waals surface area contributed by atoms with E-state index in [-0.39, 0.29) is 5.41 Å². The highest BCUT2D eigenvalue weighted by Crippen LogP contribution is 2.24. The fourth-order valence-corrected chi connectivity index (χ4v) is 1.90. The molecule has 0 amide bonds. The Hall–Kier alpha value is -1.32. The topological polar surface area (TPSA) is 63.8 Å². The van der Waals surface area contributed by atoms with Gasteiger partial charge < -0.3 is 11.1 Å². The van der Waals surface area contributed by atoms with Crippen LogP contribution in [-0.4, -0.2) is 16.5 Å². The van der Waals surface area contributed by atoms with Crippen LogP contribution in [0.3, 0.4) is 0 Å². The fraction of sp³-hybridized carbons (Fsp3) is 0.714. The van der Waals surface area contributed by atoms with Crippen LogP contribution in [0.5, 0.6) is 0 Å². The van der Waals surface area contributed by atoms with Gasteiger partial charge in [-0.1, -0.05) is 40.0 Å². The number of nitrogens with one attached hydrogen (secondary N) is 1. The summed E-state index contributed by atoms with van der Waals surface area (Å²) in [6.07, 6.45) is 6.85. The molecule has 0 aliphatic rings. The predicted molar refractivity (Wildman–Crippen MR) is 77.6 cm³/mol. The summed E-state index contributed by atoms with van der Waals surface area (Å²) in [4.78, 5) is 8.20. The normalized spacial score (nSPS) is 11.6. The van der Waals surface area contributed by atoms with Gasteiger partial charge in [-0.05, 0) is 18.8 Å². The van der Waals surface area contributed by atoms with Crippen molar-refractivity contribution in [1.82, 2.24) is 9.97 Å². The molecule has 1 aromatic rings. The molecule has 0 aliphatic carbocycles. The lowest BCUT2D eigenvalue weighted by atomic mass is 9.87. The second-order valence-corrected chi connectivity index (χ2v) is 5.73. The van der Waals surface area contributed by atoms with Crippen LogP contribution in [-0.2, 0) is 0 Å². The minimum atomic E-state index is 0.279. The van der Waals surface area contributed by atoms with Crippen molar-refractivity contribution in [2.75, 3.05) is 17.6 Å². The smallest absolute Gasteiger partial charge is 0.221 e. The molecule has 102 valence electrons. The van der Waals surface area contributed by atoms with Gasteiger partial charge >= 0.3 is 0 Å². The number of anilines is 2. The lowest BCUT2D eigenvalue weighted by Gasteiger charge is -2.25. The average molecular weight is 250 g/mol. The lowest BCUT2D eigenvalue weighted by Crippen LogP contribution is -2.24. The zero-order valence-corrected chi connectivity index (χ0v) is 12.1. The number of hydrogen-bond donors (Lipinski definition) is 2. The highest BCUT2D eigenvalue weighted by atomic mass is 15.1. The van der Waals surface area contributed by atoms with Crippen molar-refractivity contribution in [1.29, 1.82) is 0 Å². The molecule has 0 spiro atoms. The van der Waals surface area contributed by atoms with Crippen molar-refractivity contribution < 1.29 is 0 Å². The minimum absolute atomic E-state index is 0.279. The summed E-state index contributed by atoms with van der Waals surface area (Å²) < 4.78 is 0. The Kier molecular flexibility index (Phi) is 5.38. The molecule has 4 heteroatoms. The summed E-state index contributed by atoms with van der Waals surface area (Å²) in [6.45, 7) is 9.71. The van der Waals surface area contributed by atoms with Crippen molar-refractivity contribution in [2.45, 2.75) is 53.4 Å². The van der Waals surface area contributed by atoms with Gasteiger partial charge in [0.15, 0.2) is 0 Å². The van der Waals surface area contributed by atoms with E-state index in [0.717, 1.165) is 17.9 Å². The summed E-state index contributed by atoms with van der Waals surface area (Å²) >= 11 is 0. The van der Waals surface area contributed by atoms with E-state index in [1.54, 1.807) is 6.20 Å². The van der Waals surface area contributed by atoms with Gasteiger partial charge in [0.2, 0.25) is 5.95 Å². The second kappa shape index (κ2) is 6.57. The van der Waals surface area contributed by atoms with Crippen LogP contribution < -0.4 is 11.1 Å². The molecule has 0 atom stereocenters. The quantitative estimate of drug-likeness (QED) is 0.728. The van der Waals surface area contributed by atoms with Crippen molar-refractivity contribution in [3.8, 4) is 0 Å². The molecule has 0 aromatic carbocycles. The van der Waals surface area contributed by atoms with Gasteiger partial charge in [0.05, 0.1) is 0 Å². The maximum atomic E-state index is 5.60. The molecule has 0 radical (unpaired) electrons. The van der Waals surface area contributed by atoms with E-state index >= 15 is 0 Å². The number of hydrogen-bond acceptors (Lipinski definition) is 4. The van der Waals surface area contributed by atoms with E-state index in [4.69, 9.17) is 5.73 Å². The van der Waals surface area contributed by atoms with E-state index in [1.165, 1.54) is 25.7 Å². The van der Waals surface area contributed by atoms with Gasteiger partial charge in [-0.3, -0.25) is 0 Å². The molecule has 0 saturated heterocycles. The van der Waals surface area contributed by atoms with Gasteiger partial charge in [0.1, 0.15) is 5.82 Å². The average Bonchev–Trinajstić information content (AvgIpc) is 2.31. The Labute approximate surface area is 110 Å². The lowest BCUT2D eigenvalue weighted by molar-refractivity contribution is 0.342. The third-order valence-corrected chi connectivity index (χ3v) is 3.18. The summed E-state index contributed by atoms with van der Waals surface area (Å²) in [5.41, 5.74) is 6.92. The molecule has 0 unspecified atom stereocenters. The number of aryl methyl sites for hydroxylation is 1. The summed E-state index contributed by atoms with van der Waals surface area (Å²) in [5.74, 6) is 1.18. The van der Waals surface area contributed by atoms with Gasteiger partial charge in [0.25, 0.3) is 0 Å². The van der Waals surface area contributed by atoms with Crippen LogP contribution in [0.2, 0.25) is 0 Å². The summed E-state index contributed by atoms with van der Waals surface area (Å²) in [6, 6.07) is 0. The minimum Gasteiger partial charge on any atom is -0.369 e. The number of unbranched alkanes of at least 4 members (excludes halogenated alkanes) is 2. The van der Waals surface area contributed by atoms with Crippen molar-refractivity contribution >= 4 is 11.8 Å². The third-order valence-electron chi connectivity index (χ3n) is 3.18. The molecule has 0 bridgehead atoms. The zero-order valence-electron chi connectivity index (χ0n) is 12.1. The third kappa shape index (κ3) is 4.90. The first-order valence-electron chi connectivity index (χ1n) is 6.77. The first-order valence-corrected chi connectivity index (χ1v) is 6.77. The van der Waals surface area contributed by atoms with Crippen molar-refractivity contribution in [3.63, 3.8) is 0 Å². The molecular weight excluding hydrogens is 224 g/mol. The molecule has 1 rings (SSSR count). The number of nitrogen functional groups attached to an aromatic ring is 1. The molecule has 4 nitrogen and oxygen atoms in total. The summed E-state index contributed by atoms with van der Waals surface area (Å²) in [5, 5.41) is 3.39. The zero-order chi connectivity index (χ0) is 13.6. The van der Waals surface area contributed by atoms with E-state index in [2.05, 4.69) is 36.1 Å². The maximum Gasteiger partial charge on any atom is 0.221 e. The van der Waals surface area contributed by atoms with Crippen LogP contribution >= 0.6 is 0 Å². The Morgan fingerprint density at radius 3 is 2.72 bits per heavy atom. The van der Waals surface area contributed by atoms with Gasteiger partial charge in [-0.15, -0.1) is 0 Å². The van der Waals surface area contributed by atoms with E-state index in [0.29, 0.717) is 5.95 Å². The number of nitrogens with zero attached hydrogens (tertiary/aromatic N) is 2. The van der Waals surface area contributed by atoms with Crippen LogP contribution in [0.1, 0.15) is 52.0 Å². The first-order chi connectivity index (χ1) is 8.44. The van der Waals surface area contributed by atoms with Crippen molar-refractivity contribution in [2.24, 2.45) is 5.41 Å². The molecule has 18 heavy (non-hydrogen) atoms. The molecule has 0 aliphatic heterocycles. The van der Waals surface area contributed by atoms with E-state index in [9.17, 15) is 0 Å². The van der Waals surface area contributed by atoms with Crippen LogP contribution in [0.4, 0.5) is 11.8 Å². The van der Waals surface area contributed by atoms with E-state index in [1.807, 2.05) is 6.92 Å². The molecule has 1 aromatic heterocycles. The Morgan fingerprint density at radius 1 is 1.33 bits per heavy atom. The van der Waals surface area contributed by atoms with Crippen LogP contribution in [0, 0.1) is 12.3 Å². The largest absolute Gasteiger partial charge is 0.369 e. The summed E-state index contributed by atoms with van der Waals surface area (Å²) in [7, 11) is 0. The van der Waals surface area contributed by atoms with Crippen molar-refractivity contribution in [3.05, 3.63) is 11.8 Å². The predicted octanol–water partition coefficient (Wildman–Crippen LogP) is 3.39. The molecule has 0 saturated carbocycles. The van der Waals surface area contributed by atoms with Gasteiger partial charge in [-0.25, -0.2) is 4.98 Å². The highest BCUT2D eigenvalue weighted by molar-refractivity contribution is 5.45. The monoisotopic (exact) mass is 250 g/mol. The van der Waals surface area contributed by atoms with Gasteiger partial charge in [-0.2, -0.15) is 4.98 Å². The fourth-order valence-electron chi connectivity index (χ4n) is 1.90. The SMILES string of the molecule is CCCCCC(C)(C)CNc1nc(N)ncc1C. The molecule has 3 N–H and O–H groups in total. The van der Waals surface area contributed by atoms with E-state index < -0.39 is 0 Å².